The molecule has 1 heterocycles. The monoisotopic (exact) mass is 378 g/mol. The molecule has 1 fully saturated rings. The number of anilines is 1. The first-order valence-corrected chi connectivity index (χ1v) is 8.06. The summed E-state index contributed by atoms with van der Waals surface area (Å²) < 4.78 is 0.804. The molecule has 0 spiro atoms. The number of alkyl halides is 1. The molecule has 0 atom stereocenters. The van der Waals surface area contributed by atoms with Crippen molar-refractivity contribution >= 4 is 39.3 Å². The Bertz CT molecular complexity index is 656. The molecule has 1 N–H and O–H groups in total. The minimum atomic E-state index is 0.477. The van der Waals surface area contributed by atoms with Gasteiger partial charge in [-0.25, -0.2) is 9.97 Å². The van der Waals surface area contributed by atoms with Crippen molar-refractivity contribution < 1.29 is 0 Å². The fourth-order valence-electron chi connectivity index (χ4n) is 2.63. The van der Waals surface area contributed by atoms with Crippen molar-refractivity contribution in [3.63, 3.8) is 0 Å². The summed E-state index contributed by atoms with van der Waals surface area (Å²) in [6, 6.07) is 8.18. The van der Waals surface area contributed by atoms with Crippen molar-refractivity contribution in [2.24, 2.45) is 0 Å². The van der Waals surface area contributed by atoms with Gasteiger partial charge in [0.05, 0.1) is 17.1 Å². The third-order valence-electron chi connectivity index (χ3n) is 3.76. The molecule has 20 heavy (non-hydrogen) atoms. The van der Waals surface area contributed by atoms with E-state index in [4.69, 9.17) is 5.26 Å². The van der Waals surface area contributed by atoms with Crippen molar-refractivity contribution in [3.8, 4) is 6.07 Å². The molecular weight excluding hydrogens is 363 g/mol. The van der Waals surface area contributed by atoms with Crippen molar-refractivity contribution in [1.82, 2.24) is 9.97 Å². The molecule has 0 saturated heterocycles. The molecule has 1 aromatic carbocycles. The Hall–Kier alpha value is -1.42. The van der Waals surface area contributed by atoms with E-state index in [1.54, 1.807) is 12.4 Å². The first-order valence-electron chi connectivity index (χ1n) is 6.82. The van der Waals surface area contributed by atoms with Gasteiger partial charge in [-0.2, -0.15) is 5.26 Å². The number of rotatable bonds is 2. The second-order valence-electron chi connectivity index (χ2n) is 5.16. The number of aromatic nitrogens is 2. The number of hydrogen-bond donors (Lipinski definition) is 1. The summed E-state index contributed by atoms with van der Waals surface area (Å²) >= 11 is 2.53. The van der Waals surface area contributed by atoms with Crippen LogP contribution in [-0.2, 0) is 0 Å². The van der Waals surface area contributed by atoms with Gasteiger partial charge in [0.2, 0.25) is 0 Å². The molecule has 102 valence electrons. The molecular formula is C15H15IN4. The molecule has 0 amide bonds. The van der Waals surface area contributed by atoms with Crippen LogP contribution in [0.5, 0.6) is 0 Å². The zero-order chi connectivity index (χ0) is 13.9. The second-order valence-corrected chi connectivity index (χ2v) is 6.92. The summed E-state index contributed by atoms with van der Waals surface area (Å²) in [5, 5.41) is 13.5. The Kier molecular flexibility index (Phi) is 4.01. The van der Waals surface area contributed by atoms with Gasteiger partial charge < -0.3 is 5.32 Å². The molecule has 2 aromatic rings. The number of nitrogens with zero attached hydrogens (tertiary/aromatic N) is 3. The van der Waals surface area contributed by atoms with Gasteiger partial charge in [-0.15, -0.1) is 0 Å². The van der Waals surface area contributed by atoms with E-state index in [9.17, 15) is 0 Å². The van der Waals surface area contributed by atoms with Crippen LogP contribution >= 0.6 is 22.6 Å². The summed E-state index contributed by atoms with van der Waals surface area (Å²) in [4.78, 5) is 8.62. The minimum absolute atomic E-state index is 0.477. The Labute approximate surface area is 131 Å². The summed E-state index contributed by atoms with van der Waals surface area (Å²) in [6.07, 6.45) is 6.45. The molecule has 1 aromatic heterocycles. The van der Waals surface area contributed by atoms with Crippen LogP contribution in [0.15, 0.2) is 24.5 Å². The van der Waals surface area contributed by atoms with E-state index in [-0.39, 0.29) is 0 Å². The van der Waals surface area contributed by atoms with Crippen LogP contribution in [0, 0.1) is 11.3 Å². The fraction of sp³-hybridized carbons (Fsp3) is 0.400. The second kappa shape index (κ2) is 5.92. The lowest BCUT2D eigenvalue weighted by Gasteiger charge is -2.26. The van der Waals surface area contributed by atoms with Crippen molar-refractivity contribution in [1.29, 1.82) is 5.26 Å². The normalized spacial score (nSPS) is 22.4. The third kappa shape index (κ3) is 2.85. The topological polar surface area (TPSA) is 61.6 Å². The molecule has 1 saturated carbocycles. The fourth-order valence-corrected chi connectivity index (χ4v) is 3.35. The van der Waals surface area contributed by atoms with Crippen molar-refractivity contribution in [2.75, 3.05) is 5.32 Å². The van der Waals surface area contributed by atoms with Crippen LogP contribution in [0.4, 0.5) is 5.82 Å². The lowest BCUT2D eigenvalue weighted by molar-refractivity contribution is 0.482. The number of nitrogens with one attached hydrogen (secondary N) is 1. The predicted molar refractivity (Wildman–Crippen MR) is 87.9 cm³/mol. The SMILES string of the molecule is N#Cc1ccc2ncnc(NC3CCC(I)CC3)c2c1. The van der Waals surface area contributed by atoms with E-state index < -0.39 is 0 Å². The van der Waals surface area contributed by atoms with E-state index in [1.165, 1.54) is 25.7 Å². The van der Waals surface area contributed by atoms with Gasteiger partial charge in [0.15, 0.2) is 0 Å². The largest absolute Gasteiger partial charge is 0.367 e. The molecule has 3 rings (SSSR count). The van der Waals surface area contributed by atoms with Gasteiger partial charge in [-0.1, -0.05) is 22.6 Å². The first-order chi connectivity index (χ1) is 9.76. The highest BCUT2D eigenvalue weighted by Crippen LogP contribution is 2.28. The van der Waals surface area contributed by atoms with E-state index >= 15 is 0 Å². The quantitative estimate of drug-likeness (QED) is 0.640. The van der Waals surface area contributed by atoms with Crippen molar-refractivity contribution in [3.05, 3.63) is 30.1 Å². The van der Waals surface area contributed by atoms with Crippen LogP contribution < -0.4 is 5.32 Å². The van der Waals surface area contributed by atoms with E-state index in [0.29, 0.717) is 11.6 Å². The Morgan fingerprint density at radius 3 is 2.75 bits per heavy atom. The van der Waals surface area contributed by atoms with Crippen LogP contribution in [0.2, 0.25) is 0 Å². The zero-order valence-corrected chi connectivity index (χ0v) is 13.2. The highest BCUT2D eigenvalue weighted by Gasteiger charge is 2.19. The van der Waals surface area contributed by atoms with E-state index in [2.05, 4.69) is 43.9 Å². The van der Waals surface area contributed by atoms with Crippen LogP contribution in [0.1, 0.15) is 31.2 Å². The lowest BCUT2D eigenvalue weighted by Crippen LogP contribution is -2.26. The van der Waals surface area contributed by atoms with Gasteiger partial charge in [-0.05, 0) is 43.9 Å². The van der Waals surface area contributed by atoms with Crippen molar-refractivity contribution in [2.45, 2.75) is 35.6 Å². The number of nitriles is 1. The molecule has 1 aliphatic carbocycles. The molecule has 0 unspecified atom stereocenters. The lowest BCUT2D eigenvalue weighted by atomic mass is 9.95. The Morgan fingerprint density at radius 1 is 1.20 bits per heavy atom. The number of halogens is 1. The maximum absolute atomic E-state index is 9.03. The van der Waals surface area contributed by atoms with Gasteiger partial charge in [0.25, 0.3) is 0 Å². The summed E-state index contributed by atoms with van der Waals surface area (Å²) in [7, 11) is 0. The van der Waals surface area contributed by atoms with E-state index in [1.807, 2.05) is 12.1 Å². The zero-order valence-electron chi connectivity index (χ0n) is 11.0. The maximum atomic E-state index is 9.03. The highest BCUT2D eigenvalue weighted by atomic mass is 127. The standard InChI is InChI=1S/C15H15IN4/c16-11-2-4-12(5-3-11)20-15-13-7-10(8-17)1-6-14(13)18-9-19-15/h1,6-7,9,11-12H,2-5H2,(H,18,19,20). The van der Waals surface area contributed by atoms with Gasteiger partial charge >= 0.3 is 0 Å². The molecule has 0 radical (unpaired) electrons. The summed E-state index contributed by atoms with van der Waals surface area (Å²) in [5.41, 5.74) is 1.52. The van der Waals surface area contributed by atoms with Crippen LogP contribution in [0.3, 0.4) is 0 Å². The summed E-state index contributed by atoms with van der Waals surface area (Å²) in [6.45, 7) is 0. The predicted octanol–water partition coefficient (Wildman–Crippen LogP) is 3.66. The Morgan fingerprint density at radius 2 is 2.00 bits per heavy atom. The molecule has 4 nitrogen and oxygen atoms in total. The van der Waals surface area contributed by atoms with E-state index in [0.717, 1.165) is 20.6 Å². The van der Waals surface area contributed by atoms with Gasteiger partial charge in [0, 0.05) is 15.4 Å². The number of benzene rings is 1. The first kappa shape index (κ1) is 13.6. The minimum Gasteiger partial charge on any atom is -0.367 e. The smallest absolute Gasteiger partial charge is 0.137 e. The van der Waals surface area contributed by atoms with Gasteiger partial charge in [0.1, 0.15) is 12.1 Å². The van der Waals surface area contributed by atoms with Crippen LogP contribution in [0.25, 0.3) is 10.9 Å². The van der Waals surface area contributed by atoms with Crippen LogP contribution in [-0.4, -0.2) is 19.9 Å². The molecule has 0 bridgehead atoms. The number of hydrogen-bond acceptors (Lipinski definition) is 4. The molecule has 5 heteroatoms. The summed E-state index contributed by atoms with van der Waals surface area (Å²) in [5.74, 6) is 0.851. The Balaban J connectivity index is 1.89. The third-order valence-corrected chi connectivity index (χ3v) is 5.01. The maximum Gasteiger partial charge on any atom is 0.137 e. The molecule has 1 aliphatic rings. The highest BCUT2D eigenvalue weighted by molar-refractivity contribution is 14.1. The number of fused-ring (bicyclic) bond motifs is 1. The average molecular weight is 378 g/mol. The van der Waals surface area contributed by atoms with Gasteiger partial charge in [-0.3, -0.25) is 0 Å². The average Bonchev–Trinajstić information content (AvgIpc) is 2.49. The molecule has 0 aliphatic heterocycles.